The summed E-state index contributed by atoms with van der Waals surface area (Å²) in [7, 11) is 1.59. The molecule has 0 aliphatic carbocycles. The largest absolute Gasteiger partial charge is 0.497 e. The van der Waals surface area contributed by atoms with E-state index in [1.165, 1.54) is 0 Å². The van der Waals surface area contributed by atoms with Gasteiger partial charge in [-0.15, -0.1) is 0 Å². The van der Waals surface area contributed by atoms with E-state index in [0.717, 1.165) is 16.9 Å². The number of ether oxygens (including phenoxy) is 1. The van der Waals surface area contributed by atoms with Crippen LogP contribution in [0.15, 0.2) is 78.9 Å². The SMILES string of the molecule is CCC(=O)N(c1ccccc1)[C@H]1C[C@@H](C)N(C(=O)c2cccc(OC)c2)c2ccccc21. The zero-order valence-electron chi connectivity index (χ0n) is 18.7. The summed E-state index contributed by atoms with van der Waals surface area (Å²) in [6.07, 6.45) is 1.06. The number of amides is 2. The smallest absolute Gasteiger partial charge is 0.258 e. The number of hydrogen-bond donors (Lipinski definition) is 0. The fourth-order valence-electron chi connectivity index (χ4n) is 4.49. The first kappa shape index (κ1) is 21.6. The van der Waals surface area contributed by atoms with E-state index >= 15 is 0 Å². The van der Waals surface area contributed by atoms with Gasteiger partial charge in [0.2, 0.25) is 5.91 Å². The highest BCUT2D eigenvalue weighted by molar-refractivity contribution is 6.08. The minimum absolute atomic E-state index is 0.0655. The quantitative estimate of drug-likeness (QED) is 0.530. The van der Waals surface area contributed by atoms with Crippen molar-refractivity contribution in [2.24, 2.45) is 0 Å². The van der Waals surface area contributed by atoms with E-state index < -0.39 is 0 Å². The molecule has 1 aliphatic heterocycles. The van der Waals surface area contributed by atoms with Crippen LogP contribution < -0.4 is 14.5 Å². The van der Waals surface area contributed by atoms with Gasteiger partial charge >= 0.3 is 0 Å². The van der Waals surface area contributed by atoms with Gasteiger partial charge in [-0.2, -0.15) is 0 Å². The van der Waals surface area contributed by atoms with E-state index in [9.17, 15) is 9.59 Å². The minimum atomic E-state index is -0.148. The Morgan fingerprint density at radius 2 is 1.72 bits per heavy atom. The second-order valence-corrected chi connectivity index (χ2v) is 8.02. The van der Waals surface area contributed by atoms with Crippen LogP contribution in [-0.2, 0) is 4.79 Å². The van der Waals surface area contributed by atoms with Gasteiger partial charge in [0.15, 0.2) is 0 Å². The summed E-state index contributed by atoms with van der Waals surface area (Å²) in [4.78, 5) is 30.4. The van der Waals surface area contributed by atoms with E-state index in [4.69, 9.17) is 4.74 Å². The number of para-hydroxylation sites is 2. The highest BCUT2D eigenvalue weighted by Gasteiger charge is 2.38. The Kier molecular flexibility index (Phi) is 6.26. The molecule has 0 spiro atoms. The number of rotatable bonds is 5. The van der Waals surface area contributed by atoms with E-state index in [1.54, 1.807) is 13.2 Å². The number of carbonyl (C=O) groups excluding carboxylic acids is 2. The summed E-state index contributed by atoms with van der Waals surface area (Å²) in [6.45, 7) is 3.93. The maximum Gasteiger partial charge on any atom is 0.258 e. The third-order valence-electron chi connectivity index (χ3n) is 6.01. The van der Waals surface area contributed by atoms with Crippen molar-refractivity contribution in [2.75, 3.05) is 16.9 Å². The van der Waals surface area contributed by atoms with E-state index in [-0.39, 0.29) is 23.9 Å². The van der Waals surface area contributed by atoms with E-state index in [1.807, 2.05) is 96.4 Å². The number of methoxy groups -OCH3 is 1. The van der Waals surface area contributed by atoms with Gasteiger partial charge in [0.05, 0.1) is 13.2 Å². The summed E-state index contributed by atoms with van der Waals surface area (Å²) in [5.74, 6) is 0.640. The van der Waals surface area contributed by atoms with Gasteiger partial charge in [0, 0.05) is 29.4 Å². The van der Waals surface area contributed by atoms with Crippen molar-refractivity contribution >= 4 is 23.2 Å². The minimum Gasteiger partial charge on any atom is -0.497 e. The molecule has 0 N–H and O–H groups in total. The summed E-state index contributed by atoms with van der Waals surface area (Å²) in [5.41, 5.74) is 3.27. The van der Waals surface area contributed by atoms with Crippen molar-refractivity contribution < 1.29 is 14.3 Å². The van der Waals surface area contributed by atoms with Crippen molar-refractivity contribution in [3.05, 3.63) is 90.0 Å². The molecule has 0 fully saturated rings. The number of benzene rings is 3. The standard InChI is InChI=1S/C27H28N2O3/c1-4-26(30)29(21-12-6-5-7-13-21)25-17-19(2)28(24-16-9-8-15-23(24)25)27(31)20-11-10-14-22(18-20)32-3/h5-16,18-19,25H,4,17H2,1-3H3/t19-,25+/m1/s1. The molecule has 3 aromatic rings. The first-order valence-corrected chi connectivity index (χ1v) is 11.0. The number of anilines is 2. The van der Waals surface area contributed by atoms with Crippen LogP contribution in [0.1, 0.15) is 48.7 Å². The number of hydrogen-bond acceptors (Lipinski definition) is 3. The fraction of sp³-hybridized carbons (Fsp3) is 0.259. The first-order chi connectivity index (χ1) is 15.5. The molecule has 0 unspecified atom stereocenters. The van der Waals surface area contributed by atoms with Crippen LogP contribution in [0.25, 0.3) is 0 Å². The van der Waals surface area contributed by atoms with Crippen molar-refractivity contribution in [3.8, 4) is 5.75 Å². The number of carbonyl (C=O) groups is 2. The third-order valence-corrected chi connectivity index (χ3v) is 6.01. The molecule has 0 radical (unpaired) electrons. The maximum atomic E-state index is 13.6. The molecule has 2 amide bonds. The molecule has 0 saturated heterocycles. The Morgan fingerprint density at radius 1 is 1.00 bits per heavy atom. The van der Waals surface area contributed by atoms with Gasteiger partial charge < -0.3 is 14.5 Å². The number of nitrogens with zero attached hydrogens (tertiary/aromatic N) is 2. The fourth-order valence-corrected chi connectivity index (χ4v) is 4.49. The van der Waals surface area contributed by atoms with Crippen molar-refractivity contribution in [1.29, 1.82) is 0 Å². The maximum absolute atomic E-state index is 13.6. The van der Waals surface area contributed by atoms with Crippen molar-refractivity contribution in [1.82, 2.24) is 0 Å². The van der Waals surface area contributed by atoms with Gasteiger partial charge in [0.1, 0.15) is 5.75 Å². The molecule has 0 aromatic heterocycles. The van der Waals surface area contributed by atoms with Crippen LogP contribution in [0.5, 0.6) is 5.75 Å². The Balaban J connectivity index is 1.78. The normalized spacial score (nSPS) is 17.4. The molecule has 5 heteroatoms. The van der Waals surface area contributed by atoms with Crippen LogP contribution in [0, 0.1) is 0 Å². The summed E-state index contributed by atoms with van der Waals surface area (Å²) >= 11 is 0. The highest BCUT2D eigenvalue weighted by Crippen LogP contribution is 2.43. The zero-order valence-corrected chi connectivity index (χ0v) is 18.7. The third kappa shape index (κ3) is 3.98. The van der Waals surface area contributed by atoms with Gasteiger partial charge in [-0.1, -0.05) is 49.4 Å². The lowest BCUT2D eigenvalue weighted by molar-refractivity contribution is -0.118. The van der Waals surface area contributed by atoms with Gasteiger partial charge in [-0.25, -0.2) is 0 Å². The molecule has 2 atom stereocenters. The molecule has 3 aromatic carbocycles. The summed E-state index contributed by atoms with van der Waals surface area (Å²) in [6, 6.07) is 24.7. The topological polar surface area (TPSA) is 49.9 Å². The van der Waals surface area contributed by atoms with E-state index in [0.29, 0.717) is 24.2 Å². The molecular weight excluding hydrogens is 400 g/mol. The molecule has 0 saturated carbocycles. The second kappa shape index (κ2) is 9.27. The lowest BCUT2D eigenvalue weighted by Gasteiger charge is -2.43. The lowest BCUT2D eigenvalue weighted by Crippen LogP contribution is -2.47. The van der Waals surface area contributed by atoms with Crippen LogP contribution in [0.3, 0.4) is 0 Å². The van der Waals surface area contributed by atoms with Crippen molar-refractivity contribution in [3.63, 3.8) is 0 Å². The van der Waals surface area contributed by atoms with Crippen LogP contribution in [0.2, 0.25) is 0 Å². The summed E-state index contributed by atoms with van der Waals surface area (Å²) < 4.78 is 5.31. The molecule has 164 valence electrons. The Hall–Kier alpha value is -3.60. The molecular formula is C27H28N2O3. The Morgan fingerprint density at radius 3 is 2.44 bits per heavy atom. The van der Waals surface area contributed by atoms with E-state index in [2.05, 4.69) is 0 Å². The number of fused-ring (bicyclic) bond motifs is 1. The monoisotopic (exact) mass is 428 g/mol. The molecule has 0 bridgehead atoms. The molecule has 4 rings (SSSR count). The van der Waals surface area contributed by atoms with Gasteiger partial charge in [0.25, 0.3) is 5.91 Å². The van der Waals surface area contributed by atoms with Gasteiger partial charge in [-0.3, -0.25) is 9.59 Å². The van der Waals surface area contributed by atoms with Crippen LogP contribution in [-0.4, -0.2) is 25.0 Å². The first-order valence-electron chi connectivity index (χ1n) is 11.0. The lowest BCUT2D eigenvalue weighted by atomic mass is 9.89. The zero-order chi connectivity index (χ0) is 22.7. The average Bonchev–Trinajstić information content (AvgIpc) is 2.84. The molecule has 1 aliphatic rings. The van der Waals surface area contributed by atoms with Gasteiger partial charge in [-0.05, 0) is 55.3 Å². The predicted octanol–water partition coefficient (Wildman–Crippen LogP) is 5.62. The highest BCUT2D eigenvalue weighted by atomic mass is 16.5. The average molecular weight is 429 g/mol. The van der Waals surface area contributed by atoms with Crippen LogP contribution >= 0.6 is 0 Å². The Bertz CT molecular complexity index is 1110. The summed E-state index contributed by atoms with van der Waals surface area (Å²) in [5, 5.41) is 0. The second-order valence-electron chi connectivity index (χ2n) is 8.02. The predicted molar refractivity (Wildman–Crippen MR) is 127 cm³/mol. The van der Waals surface area contributed by atoms with Crippen LogP contribution in [0.4, 0.5) is 11.4 Å². The molecule has 5 nitrogen and oxygen atoms in total. The van der Waals surface area contributed by atoms with Crippen molar-refractivity contribution in [2.45, 2.75) is 38.8 Å². The molecule has 1 heterocycles. The molecule has 32 heavy (non-hydrogen) atoms. The Labute approximate surface area is 189 Å².